The van der Waals surface area contributed by atoms with Gasteiger partial charge < -0.3 is 9.47 Å². The van der Waals surface area contributed by atoms with Crippen LogP contribution in [0.1, 0.15) is 5.82 Å². The monoisotopic (exact) mass is 282 g/mol. The summed E-state index contributed by atoms with van der Waals surface area (Å²) in [5.41, 5.74) is 0. The van der Waals surface area contributed by atoms with Gasteiger partial charge in [-0.15, -0.1) is 0 Å². The van der Waals surface area contributed by atoms with Crippen molar-refractivity contribution < 1.29 is 9.47 Å². The SMILES string of the molecule is COCCc1nsc(Sc2cccc(OC)c2)n1. The first kappa shape index (κ1) is 13.3. The second-order valence-corrected chi connectivity index (χ2v) is 5.57. The van der Waals surface area contributed by atoms with E-state index in [1.807, 2.05) is 24.3 Å². The fraction of sp³-hybridized carbons (Fsp3) is 0.333. The molecule has 0 saturated heterocycles. The summed E-state index contributed by atoms with van der Waals surface area (Å²) in [6.07, 6.45) is 0.756. The Morgan fingerprint density at radius 1 is 1.33 bits per heavy atom. The van der Waals surface area contributed by atoms with Crippen molar-refractivity contribution in [3.05, 3.63) is 30.1 Å². The Labute approximate surface area is 115 Å². The molecule has 18 heavy (non-hydrogen) atoms. The van der Waals surface area contributed by atoms with Crippen molar-refractivity contribution in [1.29, 1.82) is 0 Å². The lowest BCUT2D eigenvalue weighted by Gasteiger charge is -2.01. The average Bonchev–Trinajstić information content (AvgIpc) is 2.84. The Balaban J connectivity index is 2.01. The van der Waals surface area contributed by atoms with Gasteiger partial charge in [-0.3, -0.25) is 0 Å². The summed E-state index contributed by atoms with van der Waals surface area (Å²) in [5, 5.41) is 0. The molecule has 0 atom stereocenters. The molecular formula is C12H14N2O2S2. The lowest BCUT2D eigenvalue weighted by Crippen LogP contribution is -1.95. The largest absolute Gasteiger partial charge is 0.497 e. The van der Waals surface area contributed by atoms with Crippen molar-refractivity contribution in [2.45, 2.75) is 15.7 Å². The van der Waals surface area contributed by atoms with Crippen LogP contribution in [-0.2, 0) is 11.2 Å². The lowest BCUT2D eigenvalue weighted by atomic mass is 10.3. The molecule has 0 unspecified atom stereocenters. The molecule has 1 aromatic heterocycles. The van der Waals surface area contributed by atoms with Gasteiger partial charge in [0.2, 0.25) is 0 Å². The highest BCUT2D eigenvalue weighted by atomic mass is 32.2. The summed E-state index contributed by atoms with van der Waals surface area (Å²) >= 11 is 3.01. The number of aromatic nitrogens is 2. The van der Waals surface area contributed by atoms with E-state index in [0.717, 1.165) is 27.2 Å². The van der Waals surface area contributed by atoms with E-state index in [0.29, 0.717) is 6.61 Å². The summed E-state index contributed by atoms with van der Waals surface area (Å²) in [7, 11) is 3.34. The number of hydrogen-bond donors (Lipinski definition) is 0. The molecule has 0 radical (unpaired) electrons. The first-order chi connectivity index (χ1) is 8.81. The Bertz CT molecular complexity index is 502. The van der Waals surface area contributed by atoms with Gasteiger partial charge in [-0.25, -0.2) is 4.98 Å². The average molecular weight is 282 g/mol. The standard InChI is InChI=1S/C12H14N2O2S2/c1-15-7-6-11-13-12(18-14-11)17-10-5-3-4-9(8-10)16-2/h3-5,8H,6-7H2,1-2H3. The van der Waals surface area contributed by atoms with Crippen LogP contribution >= 0.6 is 23.3 Å². The molecular weight excluding hydrogens is 268 g/mol. The Kier molecular flexibility index (Phi) is 4.98. The van der Waals surface area contributed by atoms with Gasteiger partial charge in [-0.1, -0.05) is 17.8 Å². The third kappa shape index (κ3) is 3.69. The van der Waals surface area contributed by atoms with Crippen LogP contribution in [0.2, 0.25) is 0 Å². The number of methoxy groups -OCH3 is 2. The summed E-state index contributed by atoms with van der Waals surface area (Å²) < 4.78 is 15.4. The van der Waals surface area contributed by atoms with E-state index in [2.05, 4.69) is 9.36 Å². The zero-order chi connectivity index (χ0) is 12.8. The zero-order valence-electron chi connectivity index (χ0n) is 10.3. The maximum Gasteiger partial charge on any atom is 0.174 e. The van der Waals surface area contributed by atoms with Gasteiger partial charge in [0, 0.05) is 18.4 Å². The van der Waals surface area contributed by atoms with Gasteiger partial charge in [-0.2, -0.15) is 4.37 Å². The summed E-state index contributed by atoms with van der Waals surface area (Å²) in [5.74, 6) is 1.69. The third-order valence-corrected chi connectivity index (χ3v) is 4.00. The molecule has 0 aliphatic rings. The normalized spacial score (nSPS) is 10.6. The van der Waals surface area contributed by atoms with Crippen molar-refractivity contribution in [3.8, 4) is 5.75 Å². The van der Waals surface area contributed by atoms with Crippen LogP contribution in [0.15, 0.2) is 33.5 Å². The van der Waals surface area contributed by atoms with Crippen LogP contribution < -0.4 is 4.74 Å². The Morgan fingerprint density at radius 3 is 3.00 bits per heavy atom. The predicted octanol–water partition coefficient (Wildman–Crippen LogP) is 2.89. The molecule has 2 aromatic rings. The van der Waals surface area contributed by atoms with E-state index in [1.54, 1.807) is 26.0 Å². The lowest BCUT2D eigenvalue weighted by molar-refractivity contribution is 0.200. The molecule has 0 aliphatic heterocycles. The van der Waals surface area contributed by atoms with E-state index >= 15 is 0 Å². The van der Waals surface area contributed by atoms with Gasteiger partial charge in [0.1, 0.15) is 11.6 Å². The number of hydrogen-bond acceptors (Lipinski definition) is 6. The smallest absolute Gasteiger partial charge is 0.174 e. The van der Waals surface area contributed by atoms with E-state index in [4.69, 9.17) is 9.47 Å². The molecule has 0 aliphatic carbocycles. The van der Waals surface area contributed by atoms with Crippen LogP contribution in [0.4, 0.5) is 0 Å². The topological polar surface area (TPSA) is 44.2 Å². The van der Waals surface area contributed by atoms with Crippen LogP contribution in [0.5, 0.6) is 5.75 Å². The van der Waals surface area contributed by atoms with E-state index in [9.17, 15) is 0 Å². The minimum Gasteiger partial charge on any atom is -0.497 e. The summed E-state index contributed by atoms with van der Waals surface area (Å²) in [6, 6.07) is 7.91. The summed E-state index contributed by atoms with van der Waals surface area (Å²) in [4.78, 5) is 5.55. The third-order valence-electron chi connectivity index (χ3n) is 2.23. The van der Waals surface area contributed by atoms with Gasteiger partial charge in [0.15, 0.2) is 4.34 Å². The van der Waals surface area contributed by atoms with Crippen molar-refractivity contribution in [3.63, 3.8) is 0 Å². The second kappa shape index (κ2) is 6.72. The highest BCUT2D eigenvalue weighted by Gasteiger charge is 2.06. The molecule has 0 N–H and O–H groups in total. The van der Waals surface area contributed by atoms with Crippen molar-refractivity contribution >= 4 is 23.3 Å². The van der Waals surface area contributed by atoms with Crippen molar-refractivity contribution in [1.82, 2.24) is 9.36 Å². The molecule has 0 amide bonds. The molecule has 0 saturated carbocycles. The highest BCUT2D eigenvalue weighted by Crippen LogP contribution is 2.30. The molecule has 4 nitrogen and oxygen atoms in total. The fourth-order valence-corrected chi connectivity index (χ4v) is 3.03. The van der Waals surface area contributed by atoms with E-state index in [1.165, 1.54) is 11.5 Å². The van der Waals surface area contributed by atoms with Crippen LogP contribution in [0.3, 0.4) is 0 Å². The van der Waals surface area contributed by atoms with Crippen LogP contribution in [0.25, 0.3) is 0 Å². The minimum atomic E-state index is 0.653. The van der Waals surface area contributed by atoms with Gasteiger partial charge in [0.25, 0.3) is 0 Å². The molecule has 0 fully saturated rings. The first-order valence-corrected chi connectivity index (χ1v) is 7.04. The van der Waals surface area contributed by atoms with Gasteiger partial charge in [0.05, 0.1) is 13.7 Å². The number of nitrogens with zero attached hydrogens (tertiary/aromatic N) is 2. The van der Waals surface area contributed by atoms with E-state index in [-0.39, 0.29) is 0 Å². The molecule has 2 rings (SSSR count). The van der Waals surface area contributed by atoms with E-state index < -0.39 is 0 Å². The predicted molar refractivity (Wildman–Crippen MR) is 72.6 cm³/mol. The van der Waals surface area contributed by atoms with Crippen molar-refractivity contribution in [2.75, 3.05) is 20.8 Å². The Hall–Kier alpha value is -1.11. The maximum absolute atomic E-state index is 5.19. The zero-order valence-corrected chi connectivity index (χ0v) is 11.9. The van der Waals surface area contributed by atoms with Gasteiger partial charge >= 0.3 is 0 Å². The number of rotatable bonds is 6. The van der Waals surface area contributed by atoms with Crippen LogP contribution in [-0.4, -0.2) is 30.2 Å². The maximum atomic E-state index is 5.19. The molecule has 96 valence electrons. The second-order valence-electron chi connectivity index (χ2n) is 3.50. The Morgan fingerprint density at radius 2 is 2.22 bits per heavy atom. The molecule has 6 heteroatoms. The first-order valence-electron chi connectivity index (χ1n) is 5.45. The molecule has 0 spiro atoms. The fourth-order valence-electron chi connectivity index (χ4n) is 1.34. The summed E-state index contributed by atoms with van der Waals surface area (Å²) in [6.45, 7) is 0.653. The van der Waals surface area contributed by atoms with Gasteiger partial charge in [-0.05, 0) is 29.7 Å². The van der Waals surface area contributed by atoms with Crippen LogP contribution in [0, 0.1) is 0 Å². The highest BCUT2D eigenvalue weighted by molar-refractivity contribution is 8.01. The number of ether oxygens (including phenoxy) is 2. The molecule has 1 heterocycles. The quantitative estimate of drug-likeness (QED) is 0.815. The number of benzene rings is 1. The van der Waals surface area contributed by atoms with Crippen molar-refractivity contribution in [2.24, 2.45) is 0 Å². The molecule has 0 bridgehead atoms. The minimum absolute atomic E-state index is 0.653. The molecule has 1 aromatic carbocycles.